The summed E-state index contributed by atoms with van der Waals surface area (Å²) in [5.41, 5.74) is 7.86. The molecule has 0 saturated carbocycles. The molecule has 1 N–H and O–H groups in total. The number of unbranched alkanes of at least 4 members (excludes halogenated alkanes) is 1. The summed E-state index contributed by atoms with van der Waals surface area (Å²) in [7, 11) is 3.26. The maximum Gasteiger partial charge on any atom is 0.205 e. The van der Waals surface area contributed by atoms with Crippen LogP contribution in [0.15, 0.2) is 87.8 Å². The highest BCUT2D eigenvalue weighted by molar-refractivity contribution is 9.10. The summed E-state index contributed by atoms with van der Waals surface area (Å²) in [6.45, 7) is 2.77. The normalized spacial score (nSPS) is 11.8. The van der Waals surface area contributed by atoms with E-state index in [1.807, 2.05) is 48.5 Å². The van der Waals surface area contributed by atoms with Crippen molar-refractivity contribution in [2.24, 2.45) is 0 Å². The van der Waals surface area contributed by atoms with Crippen LogP contribution < -0.4 is 0 Å². The molecule has 3 aromatic carbocycles. The van der Waals surface area contributed by atoms with Gasteiger partial charge in [-0.3, -0.25) is 0 Å². The summed E-state index contributed by atoms with van der Waals surface area (Å²) in [5, 5.41) is 15.6. The number of H-pyrrole nitrogens is 1. The van der Waals surface area contributed by atoms with Gasteiger partial charge in [-0.2, -0.15) is 5.21 Å². The monoisotopic (exact) mass is 677 g/mol. The smallest absolute Gasteiger partial charge is 0.205 e. The number of aromatic nitrogens is 7. The highest BCUT2D eigenvalue weighted by Crippen LogP contribution is 2.41. The number of fused-ring (bicyclic) bond motifs is 2. The fourth-order valence-corrected chi connectivity index (χ4v) is 6.47. The van der Waals surface area contributed by atoms with Gasteiger partial charge in [0.25, 0.3) is 0 Å². The van der Waals surface area contributed by atoms with Gasteiger partial charge in [-0.25, -0.2) is 9.97 Å². The predicted octanol–water partition coefficient (Wildman–Crippen LogP) is 8.14. The van der Waals surface area contributed by atoms with Gasteiger partial charge in [0.05, 0.1) is 11.0 Å². The number of methoxy groups -OCH3 is 2. The molecule has 0 bridgehead atoms. The van der Waals surface area contributed by atoms with E-state index in [1.165, 1.54) is 0 Å². The Labute approximate surface area is 273 Å². The van der Waals surface area contributed by atoms with E-state index in [0.717, 1.165) is 79.5 Å². The number of ether oxygens (including phenoxy) is 2. The fourth-order valence-electron chi connectivity index (χ4n) is 5.87. The third kappa shape index (κ3) is 5.51. The van der Waals surface area contributed by atoms with E-state index < -0.39 is 6.29 Å². The van der Waals surface area contributed by atoms with Crippen molar-refractivity contribution in [3.8, 4) is 33.8 Å². The van der Waals surface area contributed by atoms with Gasteiger partial charge in [-0.15, -0.1) is 10.2 Å². The van der Waals surface area contributed by atoms with E-state index in [4.69, 9.17) is 23.9 Å². The lowest BCUT2D eigenvalue weighted by atomic mass is 10.0. The first-order valence-corrected chi connectivity index (χ1v) is 15.9. The largest absolute Gasteiger partial charge is 0.455 e. The second kappa shape index (κ2) is 13.0. The van der Waals surface area contributed by atoms with Crippen LogP contribution in [-0.4, -0.2) is 49.4 Å². The van der Waals surface area contributed by atoms with Crippen LogP contribution in [0.5, 0.6) is 0 Å². The van der Waals surface area contributed by atoms with E-state index in [0.29, 0.717) is 23.8 Å². The summed E-state index contributed by atoms with van der Waals surface area (Å²) >= 11 is 3.84. The number of aromatic amines is 1. The first-order chi connectivity index (χ1) is 22.6. The summed E-state index contributed by atoms with van der Waals surface area (Å²) in [4.78, 5) is 10.3. The zero-order valence-electron chi connectivity index (χ0n) is 25.7. The standard InChI is InChI=1S/C35H32BrN7O3/c1-4-5-15-29-37-27-19-25(22-11-7-6-8-12-22)31(35(44-2)45-3)38-34(27)43(29)20-21-16-17-28-26(18-21)30(36)32(46-28)23-13-9-10-14-24(23)33-39-41-42-40-33/h6-14,16-19,35H,4-5,15,20H2,1-3H3,(H,39,40,41,42). The Kier molecular flexibility index (Phi) is 8.44. The molecule has 0 aliphatic rings. The Morgan fingerprint density at radius 3 is 2.43 bits per heavy atom. The van der Waals surface area contributed by atoms with Crippen LogP contribution in [0.25, 0.3) is 56.0 Å². The number of hydrogen-bond acceptors (Lipinski definition) is 8. The van der Waals surface area contributed by atoms with E-state index in [9.17, 15) is 0 Å². The van der Waals surface area contributed by atoms with E-state index in [1.54, 1.807) is 14.2 Å². The van der Waals surface area contributed by atoms with Crippen LogP contribution in [0.4, 0.5) is 0 Å². The Balaban J connectivity index is 1.33. The number of imidazole rings is 1. The maximum atomic E-state index is 6.39. The third-order valence-corrected chi connectivity index (χ3v) is 8.90. The van der Waals surface area contributed by atoms with Crippen LogP contribution in [0.3, 0.4) is 0 Å². The average Bonchev–Trinajstić information content (AvgIpc) is 3.83. The minimum absolute atomic E-state index is 0.502. The molecular formula is C35H32BrN7O3. The molecular weight excluding hydrogens is 646 g/mol. The molecule has 0 aliphatic carbocycles. The number of rotatable bonds is 11. The fraction of sp³-hybridized carbons (Fsp3) is 0.229. The van der Waals surface area contributed by atoms with Gasteiger partial charge in [0.15, 0.2) is 5.65 Å². The zero-order chi connectivity index (χ0) is 31.6. The first kappa shape index (κ1) is 30.0. The molecule has 10 nitrogen and oxygen atoms in total. The number of pyridine rings is 1. The highest BCUT2D eigenvalue weighted by atomic mass is 79.9. The van der Waals surface area contributed by atoms with E-state index in [-0.39, 0.29) is 0 Å². The minimum atomic E-state index is -0.631. The van der Waals surface area contributed by atoms with Gasteiger partial charge in [0.1, 0.15) is 28.4 Å². The van der Waals surface area contributed by atoms with Crippen molar-refractivity contribution in [2.45, 2.75) is 39.0 Å². The molecule has 0 spiro atoms. The van der Waals surface area contributed by atoms with Crippen molar-refractivity contribution in [1.82, 2.24) is 35.2 Å². The maximum absolute atomic E-state index is 6.39. The number of aryl methyl sites for hydroxylation is 1. The highest BCUT2D eigenvalue weighted by Gasteiger charge is 2.23. The van der Waals surface area contributed by atoms with Gasteiger partial charge in [-0.1, -0.05) is 74.0 Å². The van der Waals surface area contributed by atoms with Gasteiger partial charge in [-0.05, 0) is 56.9 Å². The molecule has 0 unspecified atom stereocenters. The molecule has 4 aromatic heterocycles. The van der Waals surface area contributed by atoms with Crippen molar-refractivity contribution < 1.29 is 13.9 Å². The summed E-state index contributed by atoms with van der Waals surface area (Å²) < 4.78 is 20.9. The molecule has 11 heteroatoms. The van der Waals surface area contributed by atoms with E-state index in [2.05, 4.69) is 78.4 Å². The topological polar surface area (TPSA) is 117 Å². The molecule has 46 heavy (non-hydrogen) atoms. The minimum Gasteiger partial charge on any atom is -0.455 e. The molecule has 232 valence electrons. The Morgan fingerprint density at radius 1 is 0.913 bits per heavy atom. The van der Waals surface area contributed by atoms with Gasteiger partial charge in [0.2, 0.25) is 12.1 Å². The molecule has 7 rings (SSSR count). The molecule has 0 saturated heterocycles. The Hall–Kier alpha value is -4.71. The molecule has 0 radical (unpaired) electrons. The molecule has 0 amide bonds. The average molecular weight is 679 g/mol. The van der Waals surface area contributed by atoms with Crippen molar-refractivity contribution in [3.05, 3.63) is 100 Å². The predicted molar refractivity (Wildman–Crippen MR) is 180 cm³/mol. The lowest BCUT2D eigenvalue weighted by Gasteiger charge is -2.17. The third-order valence-electron chi connectivity index (χ3n) is 8.11. The molecule has 4 heterocycles. The molecule has 0 aliphatic heterocycles. The zero-order valence-corrected chi connectivity index (χ0v) is 27.3. The first-order valence-electron chi connectivity index (χ1n) is 15.1. The number of nitrogens with one attached hydrogen (secondary N) is 1. The number of nitrogens with zero attached hydrogens (tertiary/aromatic N) is 6. The second-order valence-electron chi connectivity index (χ2n) is 11.0. The summed E-state index contributed by atoms with van der Waals surface area (Å²) in [6, 6.07) is 26.4. The van der Waals surface area contributed by atoms with Crippen molar-refractivity contribution >= 4 is 38.1 Å². The lowest BCUT2D eigenvalue weighted by Crippen LogP contribution is -2.11. The second-order valence-corrected chi connectivity index (χ2v) is 11.8. The number of benzene rings is 3. The van der Waals surface area contributed by atoms with Crippen LogP contribution in [-0.2, 0) is 22.4 Å². The summed E-state index contributed by atoms with van der Waals surface area (Å²) in [6.07, 6.45) is 2.30. The van der Waals surface area contributed by atoms with Crippen LogP contribution >= 0.6 is 15.9 Å². The molecule has 0 fully saturated rings. The van der Waals surface area contributed by atoms with Crippen molar-refractivity contribution in [1.29, 1.82) is 0 Å². The number of hydrogen-bond donors (Lipinski definition) is 1. The Morgan fingerprint density at radius 2 is 1.70 bits per heavy atom. The molecule has 0 atom stereocenters. The SMILES string of the molecule is CCCCc1nc2cc(-c3ccccc3)c(C(OC)OC)nc2n1Cc1ccc2oc(-c3ccccc3-c3nn[nH]n3)c(Br)c2c1. The quantitative estimate of drug-likeness (QED) is 0.136. The molecule has 7 aromatic rings. The van der Waals surface area contributed by atoms with Crippen molar-refractivity contribution in [2.75, 3.05) is 14.2 Å². The van der Waals surface area contributed by atoms with Crippen LogP contribution in [0.2, 0.25) is 0 Å². The van der Waals surface area contributed by atoms with Gasteiger partial charge in [0, 0.05) is 42.7 Å². The van der Waals surface area contributed by atoms with Crippen LogP contribution in [0, 0.1) is 0 Å². The van der Waals surface area contributed by atoms with Gasteiger partial charge < -0.3 is 18.5 Å². The summed E-state index contributed by atoms with van der Waals surface area (Å²) in [5.74, 6) is 2.20. The number of furan rings is 1. The number of halogens is 1. The van der Waals surface area contributed by atoms with E-state index >= 15 is 0 Å². The number of tetrazole rings is 1. The lowest BCUT2D eigenvalue weighted by molar-refractivity contribution is -0.108. The Bertz CT molecular complexity index is 2120. The van der Waals surface area contributed by atoms with Crippen LogP contribution in [0.1, 0.15) is 43.1 Å². The van der Waals surface area contributed by atoms with Crippen molar-refractivity contribution in [3.63, 3.8) is 0 Å². The van der Waals surface area contributed by atoms with Gasteiger partial charge >= 0.3 is 0 Å².